The molecule has 3 rings (SSSR count). The fraction of sp³-hybridized carbons (Fsp3) is 0.389. The zero-order chi connectivity index (χ0) is 18.6. The van der Waals surface area contributed by atoms with Crippen molar-refractivity contribution in [3.05, 3.63) is 52.0 Å². The average molecular weight is 397 g/mol. The molecule has 0 saturated carbocycles. The number of hydrogen-bond donors (Lipinski definition) is 1. The Balaban J connectivity index is 1.73. The second kappa shape index (κ2) is 8.28. The van der Waals surface area contributed by atoms with Crippen LogP contribution >= 0.6 is 11.3 Å². The van der Waals surface area contributed by atoms with Crippen molar-refractivity contribution in [1.82, 2.24) is 9.62 Å². The van der Waals surface area contributed by atoms with Crippen molar-refractivity contribution in [3.63, 3.8) is 0 Å². The highest BCUT2D eigenvalue weighted by Crippen LogP contribution is 2.24. The van der Waals surface area contributed by atoms with Crippen molar-refractivity contribution in [3.8, 4) is 0 Å². The average Bonchev–Trinajstić information content (AvgIpc) is 3.16. The third-order valence-corrected chi connectivity index (χ3v) is 7.21. The van der Waals surface area contributed by atoms with Gasteiger partial charge in [-0.25, -0.2) is 12.8 Å². The Hall–Kier alpha value is -1.77. The van der Waals surface area contributed by atoms with Gasteiger partial charge in [-0.05, 0) is 48.9 Å². The summed E-state index contributed by atoms with van der Waals surface area (Å²) in [6.07, 6.45) is 3.21. The van der Waals surface area contributed by atoms with Crippen LogP contribution in [-0.4, -0.2) is 38.3 Å². The Labute approximate surface area is 156 Å². The van der Waals surface area contributed by atoms with Crippen molar-refractivity contribution >= 4 is 27.3 Å². The molecule has 8 heteroatoms. The normalized spacial score (nSPS) is 15.7. The van der Waals surface area contributed by atoms with Crippen LogP contribution in [-0.2, 0) is 16.4 Å². The minimum Gasteiger partial charge on any atom is -0.352 e. The number of nitrogens with one attached hydrogen (secondary N) is 1. The number of carbonyl (C=O) groups is 1. The molecule has 0 radical (unpaired) electrons. The minimum atomic E-state index is -3.92. The molecule has 0 bridgehead atoms. The number of piperidine rings is 1. The predicted octanol–water partition coefficient (Wildman–Crippen LogP) is 3.03. The lowest BCUT2D eigenvalue weighted by atomic mass is 10.2. The number of nitrogens with zero attached hydrogens (tertiary/aromatic N) is 1. The first kappa shape index (κ1) is 19.0. The first-order valence-electron chi connectivity index (χ1n) is 8.59. The Morgan fingerprint density at radius 1 is 1.19 bits per heavy atom. The highest BCUT2D eigenvalue weighted by Gasteiger charge is 2.29. The minimum absolute atomic E-state index is 0.146. The predicted molar refractivity (Wildman–Crippen MR) is 99.4 cm³/mol. The quantitative estimate of drug-likeness (QED) is 0.816. The lowest BCUT2D eigenvalue weighted by Crippen LogP contribution is -2.36. The van der Waals surface area contributed by atoms with E-state index in [-0.39, 0.29) is 5.56 Å². The zero-order valence-corrected chi connectivity index (χ0v) is 15.9. The molecule has 0 aliphatic carbocycles. The molecule has 1 aliphatic heterocycles. The van der Waals surface area contributed by atoms with Gasteiger partial charge in [-0.2, -0.15) is 4.31 Å². The first-order chi connectivity index (χ1) is 12.5. The van der Waals surface area contributed by atoms with Crippen molar-refractivity contribution in [2.45, 2.75) is 30.6 Å². The molecular weight excluding hydrogens is 375 g/mol. The number of benzene rings is 1. The molecule has 1 N–H and O–H groups in total. The van der Waals surface area contributed by atoms with Gasteiger partial charge in [0.1, 0.15) is 10.7 Å². The molecule has 1 fully saturated rings. The van der Waals surface area contributed by atoms with E-state index in [9.17, 15) is 17.6 Å². The van der Waals surface area contributed by atoms with Gasteiger partial charge in [-0.1, -0.05) is 12.5 Å². The topological polar surface area (TPSA) is 66.5 Å². The first-order valence-corrected chi connectivity index (χ1v) is 10.9. The van der Waals surface area contributed by atoms with Crippen molar-refractivity contribution in [1.29, 1.82) is 0 Å². The molecule has 0 atom stereocenters. The van der Waals surface area contributed by atoms with Gasteiger partial charge in [0, 0.05) is 30.1 Å². The molecule has 2 aromatic rings. The molecule has 5 nitrogen and oxygen atoms in total. The summed E-state index contributed by atoms with van der Waals surface area (Å²) in [4.78, 5) is 13.0. The van der Waals surface area contributed by atoms with Gasteiger partial charge in [-0.15, -0.1) is 11.3 Å². The van der Waals surface area contributed by atoms with Gasteiger partial charge in [-0.3, -0.25) is 4.79 Å². The maximum Gasteiger partial charge on any atom is 0.251 e. The Bertz CT molecular complexity index is 861. The summed E-state index contributed by atoms with van der Waals surface area (Å²) in [6, 6.07) is 7.42. The van der Waals surface area contributed by atoms with Crippen LogP contribution in [0.2, 0.25) is 0 Å². The molecule has 1 aromatic carbocycles. The van der Waals surface area contributed by atoms with Gasteiger partial charge >= 0.3 is 0 Å². The fourth-order valence-corrected chi connectivity index (χ4v) is 5.26. The maximum absolute atomic E-state index is 14.2. The monoisotopic (exact) mass is 396 g/mol. The summed E-state index contributed by atoms with van der Waals surface area (Å²) < 4.78 is 40.9. The number of carbonyl (C=O) groups excluding carboxylic acids is 1. The summed E-state index contributed by atoms with van der Waals surface area (Å²) in [6.45, 7) is 1.21. The van der Waals surface area contributed by atoms with Crippen molar-refractivity contribution in [2.75, 3.05) is 19.6 Å². The molecule has 0 spiro atoms. The molecular formula is C18H21FN2O3S2. The molecule has 1 aromatic heterocycles. The van der Waals surface area contributed by atoms with Crippen LogP contribution in [0.15, 0.2) is 40.6 Å². The Morgan fingerprint density at radius 2 is 1.96 bits per heavy atom. The highest BCUT2D eigenvalue weighted by atomic mass is 32.2. The fourth-order valence-electron chi connectivity index (χ4n) is 2.94. The van der Waals surface area contributed by atoms with Crippen LogP contribution < -0.4 is 5.32 Å². The van der Waals surface area contributed by atoms with Gasteiger partial charge in [0.2, 0.25) is 10.0 Å². The second-order valence-corrected chi connectivity index (χ2v) is 9.13. The molecule has 2 heterocycles. The van der Waals surface area contributed by atoms with E-state index in [2.05, 4.69) is 5.32 Å². The summed E-state index contributed by atoms with van der Waals surface area (Å²) in [5.41, 5.74) is 0.146. The lowest BCUT2D eigenvalue weighted by Gasteiger charge is -2.26. The zero-order valence-electron chi connectivity index (χ0n) is 14.3. The summed E-state index contributed by atoms with van der Waals surface area (Å²) in [5.74, 6) is -1.23. The highest BCUT2D eigenvalue weighted by molar-refractivity contribution is 7.89. The second-order valence-electron chi connectivity index (χ2n) is 6.20. The van der Waals surface area contributed by atoms with Crippen LogP contribution in [0.5, 0.6) is 0 Å². The lowest BCUT2D eigenvalue weighted by molar-refractivity contribution is 0.0954. The standard InChI is InChI=1S/C18H21FN2O3S2/c19-16-7-6-14(18(22)20-9-8-15-5-4-12-25-15)13-17(16)26(23,24)21-10-2-1-3-11-21/h4-7,12-13H,1-3,8-11H2,(H,20,22). The molecule has 1 saturated heterocycles. The largest absolute Gasteiger partial charge is 0.352 e. The van der Waals surface area contributed by atoms with E-state index in [0.29, 0.717) is 26.1 Å². The number of halogens is 1. The third-order valence-electron chi connectivity index (χ3n) is 4.36. The Morgan fingerprint density at radius 3 is 2.65 bits per heavy atom. The van der Waals surface area contributed by atoms with E-state index in [1.165, 1.54) is 10.4 Å². The summed E-state index contributed by atoms with van der Waals surface area (Å²) in [5, 5.41) is 4.72. The van der Waals surface area contributed by atoms with Gasteiger partial charge in [0.05, 0.1) is 0 Å². The van der Waals surface area contributed by atoms with E-state index >= 15 is 0 Å². The van der Waals surface area contributed by atoms with E-state index in [0.717, 1.165) is 36.3 Å². The van der Waals surface area contributed by atoms with E-state index in [1.54, 1.807) is 11.3 Å². The third kappa shape index (κ3) is 4.31. The maximum atomic E-state index is 14.2. The van der Waals surface area contributed by atoms with Gasteiger partial charge < -0.3 is 5.32 Å². The smallest absolute Gasteiger partial charge is 0.251 e. The van der Waals surface area contributed by atoms with Crippen LogP contribution in [0.1, 0.15) is 34.5 Å². The van der Waals surface area contributed by atoms with Crippen LogP contribution in [0.25, 0.3) is 0 Å². The van der Waals surface area contributed by atoms with Crippen LogP contribution in [0.3, 0.4) is 0 Å². The van der Waals surface area contributed by atoms with Crippen molar-refractivity contribution < 1.29 is 17.6 Å². The number of sulfonamides is 1. The molecule has 1 amide bonds. The van der Waals surface area contributed by atoms with Gasteiger partial charge in [0.25, 0.3) is 5.91 Å². The number of thiophene rings is 1. The summed E-state index contributed by atoms with van der Waals surface area (Å²) in [7, 11) is -3.92. The molecule has 0 unspecified atom stereocenters. The molecule has 140 valence electrons. The number of rotatable bonds is 6. The molecule has 1 aliphatic rings. The molecule has 26 heavy (non-hydrogen) atoms. The Kier molecular flexibility index (Phi) is 6.05. The SMILES string of the molecule is O=C(NCCc1cccs1)c1ccc(F)c(S(=O)(=O)N2CCCCC2)c1. The van der Waals surface area contributed by atoms with Crippen molar-refractivity contribution in [2.24, 2.45) is 0 Å². The van der Waals surface area contributed by atoms with E-state index < -0.39 is 26.6 Å². The summed E-state index contributed by atoms with van der Waals surface area (Å²) >= 11 is 1.61. The number of amides is 1. The number of hydrogen-bond acceptors (Lipinski definition) is 4. The van der Waals surface area contributed by atoms with E-state index in [4.69, 9.17) is 0 Å². The van der Waals surface area contributed by atoms with Crippen LogP contribution in [0, 0.1) is 5.82 Å². The van der Waals surface area contributed by atoms with Gasteiger partial charge in [0.15, 0.2) is 0 Å². The van der Waals surface area contributed by atoms with E-state index in [1.807, 2.05) is 17.5 Å². The van der Waals surface area contributed by atoms with Crippen LogP contribution in [0.4, 0.5) is 4.39 Å².